The molecule has 0 aromatic heterocycles. The van der Waals surface area contributed by atoms with Gasteiger partial charge in [0.2, 0.25) is 0 Å². The van der Waals surface area contributed by atoms with Crippen LogP contribution in [0, 0.1) is 0 Å². The second-order valence-corrected chi connectivity index (χ2v) is 21.0. The van der Waals surface area contributed by atoms with Gasteiger partial charge in [-0.3, -0.25) is 0 Å². The zero-order valence-electron chi connectivity index (χ0n) is 42.7. The van der Waals surface area contributed by atoms with Gasteiger partial charge in [-0.1, -0.05) is 255 Å². The lowest BCUT2D eigenvalue weighted by atomic mass is 9.80. The standard InChI is InChI=1S/C78H48/c1-7-31-55-49(19-1)25-13-37-61(55)67-43-73-74(44-68(67)62-38-14-26-50-20-2-8-32-56(50)62)76-46-70(64-40-16-28-52-22-4-10-34-58(52)64)72(66-42-18-30-54-24-6-12-36-60(54)66)48-78(76)77-47-71(65-41-17-29-53-23-5-11-35-59(53)65)69(45-75(73)77)63-39-15-27-51-21-3-9-33-57(51)63/h1-48H. The Morgan fingerprint density at radius 3 is 0.410 bits per heavy atom. The van der Waals surface area contributed by atoms with Crippen LogP contribution in [0.5, 0.6) is 0 Å². The van der Waals surface area contributed by atoms with Crippen LogP contribution >= 0.6 is 0 Å². The fourth-order valence-electron chi connectivity index (χ4n) is 13.2. The van der Waals surface area contributed by atoms with Crippen molar-refractivity contribution in [3.8, 4) is 66.8 Å². The van der Waals surface area contributed by atoms with Gasteiger partial charge in [0.25, 0.3) is 0 Å². The minimum atomic E-state index is 1.21. The SMILES string of the molecule is c1ccc2c(-c3cc4c5cc(-c6cccc7ccccc67)c(-c6cccc7ccccc67)cc5c5cc(-c6cccc7ccccc67)c(-c6cccc7ccccc67)cc5c4cc3-c3cccc4ccccc34)cccc2c1. The molecule has 16 rings (SSSR count). The Hall–Kier alpha value is -10.1. The lowest BCUT2D eigenvalue weighted by Gasteiger charge is -2.23. The van der Waals surface area contributed by atoms with E-state index in [1.807, 2.05) is 0 Å². The molecule has 0 saturated heterocycles. The quantitative estimate of drug-likeness (QED) is 0.146. The van der Waals surface area contributed by atoms with Crippen molar-refractivity contribution in [2.45, 2.75) is 0 Å². The molecule has 360 valence electrons. The zero-order valence-corrected chi connectivity index (χ0v) is 42.7. The molecule has 16 aromatic rings. The van der Waals surface area contributed by atoms with Gasteiger partial charge >= 0.3 is 0 Å². The van der Waals surface area contributed by atoms with Gasteiger partial charge in [0, 0.05) is 0 Å². The van der Waals surface area contributed by atoms with Crippen LogP contribution in [-0.4, -0.2) is 0 Å². The van der Waals surface area contributed by atoms with E-state index < -0.39 is 0 Å². The molecule has 0 aliphatic rings. The Kier molecular flexibility index (Phi) is 10.0. The van der Waals surface area contributed by atoms with Crippen molar-refractivity contribution in [3.05, 3.63) is 291 Å². The first-order chi connectivity index (χ1) is 38.7. The first-order valence-corrected chi connectivity index (χ1v) is 27.1. The van der Waals surface area contributed by atoms with Gasteiger partial charge < -0.3 is 0 Å². The largest absolute Gasteiger partial charge is 0.0616 e. The van der Waals surface area contributed by atoms with Crippen molar-refractivity contribution in [1.82, 2.24) is 0 Å². The lowest BCUT2D eigenvalue weighted by Crippen LogP contribution is -1.95. The third kappa shape index (κ3) is 6.94. The van der Waals surface area contributed by atoms with Crippen LogP contribution < -0.4 is 0 Å². The van der Waals surface area contributed by atoms with E-state index in [9.17, 15) is 0 Å². The molecule has 78 heavy (non-hydrogen) atoms. The molecule has 0 unspecified atom stereocenters. The maximum absolute atomic E-state index is 2.55. The molecular formula is C78H48. The molecule has 0 aliphatic carbocycles. The summed E-state index contributed by atoms with van der Waals surface area (Å²) in [5, 5.41) is 22.1. The fraction of sp³-hybridized carbons (Fsp3) is 0. The van der Waals surface area contributed by atoms with Crippen molar-refractivity contribution in [3.63, 3.8) is 0 Å². The molecule has 0 heterocycles. The predicted octanol–water partition coefficient (Wildman–Crippen LogP) is 22.1. The molecule has 0 bridgehead atoms. The minimum Gasteiger partial charge on any atom is -0.0616 e. The van der Waals surface area contributed by atoms with Gasteiger partial charge in [-0.15, -0.1) is 0 Å². The summed E-state index contributed by atoms with van der Waals surface area (Å²) in [7, 11) is 0. The Morgan fingerprint density at radius 1 is 0.103 bits per heavy atom. The number of benzene rings is 16. The number of fused-ring (bicyclic) bond motifs is 12. The number of hydrogen-bond donors (Lipinski definition) is 0. The van der Waals surface area contributed by atoms with Crippen LogP contribution in [-0.2, 0) is 0 Å². The molecule has 0 nitrogen and oxygen atoms in total. The van der Waals surface area contributed by atoms with E-state index in [-0.39, 0.29) is 0 Å². The molecule has 0 fully saturated rings. The van der Waals surface area contributed by atoms with E-state index in [4.69, 9.17) is 0 Å². The molecule has 0 spiro atoms. The maximum atomic E-state index is 2.55. The van der Waals surface area contributed by atoms with Crippen LogP contribution in [0.15, 0.2) is 291 Å². The highest BCUT2D eigenvalue weighted by atomic mass is 14.3. The molecular weight excluding hydrogens is 937 g/mol. The number of rotatable bonds is 6. The maximum Gasteiger partial charge on any atom is -0.00921 e. The summed E-state index contributed by atoms with van der Waals surface area (Å²) in [5.74, 6) is 0. The van der Waals surface area contributed by atoms with Crippen LogP contribution in [0.1, 0.15) is 0 Å². The molecule has 0 saturated carbocycles. The van der Waals surface area contributed by atoms with Crippen molar-refractivity contribution < 1.29 is 0 Å². The third-order valence-corrected chi connectivity index (χ3v) is 16.8. The average molecular weight is 985 g/mol. The molecule has 0 radical (unpaired) electrons. The lowest BCUT2D eigenvalue weighted by molar-refractivity contribution is 1.64. The Labute approximate surface area is 452 Å². The van der Waals surface area contributed by atoms with Crippen molar-refractivity contribution >= 4 is 97.0 Å². The predicted molar refractivity (Wildman–Crippen MR) is 337 cm³/mol. The molecule has 0 amide bonds. The van der Waals surface area contributed by atoms with E-state index in [0.29, 0.717) is 0 Å². The first-order valence-electron chi connectivity index (χ1n) is 27.1. The Bertz CT molecular complexity index is 4250. The highest BCUT2D eigenvalue weighted by Gasteiger charge is 2.24. The van der Waals surface area contributed by atoms with Crippen LogP contribution in [0.3, 0.4) is 0 Å². The van der Waals surface area contributed by atoms with E-state index >= 15 is 0 Å². The Balaban J connectivity index is 1.15. The summed E-state index contributed by atoms with van der Waals surface area (Å²) < 4.78 is 0. The van der Waals surface area contributed by atoms with E-state index in [1.165, 1.54) is 164 Å². The van der Waals surface area contributed by atoms with Gasteiger partial charge in [0.05, 0.1) is 0 Å². The molecule has 0 N–H and O–H groups in total. The van der Waals surface area contributed by atoms with Gasteiger partial charge in [-0.05, 0) is 200 Å². The summed E-state index contributed by atoms with van der Waals surface area (Å²) in [4.78, 5) is 0. The zero-order chi connectivity index (χ0) is 51.3. The van der Waals surface area contributed by atoms with Gasteiger partial charge in [0.1, 0.15) is 0 Å². The minimum absolute atomic E-state index is 1.21. The first kappa shape index (κ1) is 44.2. The monoisotopic (exact) mass is 984 g/mol. The van der Waals surface area contributed by atoms with Crippen LogP contribution in [0.4, 0.5) is 0 Å². The van der Waals surface area contributed by atoms with E-state index in [0.717, 1.165) is 0 Å². The Morgan fingerprint density at radius 2 is 0.244 bits per heavy atom. The fourth-order valence-corrected chi connectivity index (χ4v) is 13.2. The second-order valence-electron chi connectivity index (χ2n) is 21.0. The summed E-state index contributed by atoms with van der Waals surface area (Å²) in [6.45, 7) is 0. The van der Waals surface area contributed by atoms with Gasteiger partial charge in [-0.25, -0.2) is 0 Å². The summed E-state index contributed by atoms with van der Waals surface area (Å²) in [5.41, 5.74) is 14.6. The van der Waals surface area contributed by atoms with E-state index in [2.05, 4.69) is 291 Å². The normalized spacial score (nSPS) is 11.8. The summed E-state index contributed by atoms with van der Waals surface area (Å²) in [6.07, 6.45) is 0. The van der Waals surface area contributed by atoms with Crippen molar-refractivity contribution in [2.24, 2.45) is 0 Å². The number of hydrogen-bond acceptors (Lipinski definition) is 0. The topological polar surface area (TPSA) is 0 Å². The molecule has 0 heteroatoms. The van der Waals surface area contributed by atoms with Crippen molar-refractivity contribution in [1.29, 1.82) is 0 Å². The van der Waals surface area contributed by atoms with E-state index in [1.54, 1.807) is 0 Å². The highest BCUT2D eigenvalue weighted by molar-refractivity contribution is 6.31. The van der Waals surface area contributed by atoms with Gasteiger partial charge in [-0.2, -0.15) is 0 Å². The molecule has 16 aromatic carbocycles. The van der Waals surface area contributed by atoms with Crippen molar-refractivity contribution in [2.75, 3.05) is 0 Å². The summed E-state index contributed by atoms with van der Waals surface area (Å²) in [6, 6.07) is 109. The third-order valence-electron chi connectivity index (χ3n) is 16.8. The second kappa shape index (κ2) is 17.7. The van der Waals surface area contributed by atoms with Crippen LogP contribution in [0.2, 0.25) is 0 Å². The van der Waals surface area contributed by atoms with Gasteiger partial charge in [0.15, 0.2) is 0 Å². The average Bonchev–Trinajstić information content (AvgIpc) is 3.70. The smallest absolute Gasteiger partial charge is 0.00921 e. The van der Waals surface area contributed by atoms with Crippen LogP contribution in [0.25, 0.3) is 164 Å². The molecule has 0 atom stereocenters. The summed E-state index contributed by atoms with van der Waals surface area (Å²) >= 11 is 0. The highest BCUT2D eigenvalue weighted by Crippen LogP contribution is 2.51. The molecule has 0 aliphatic heterocycles.